The van der Waals surface area contributed by atoms with Gasteiger partial charge in [-0.3, -0.25) is 14.2 Å². The van der Waals surface area contributed by atoms with Gasteiger partial charge < -0.3 is 10.1 Å². The van der Waals surface area contributed by atoms with Crippen molar-refractivity contribution in [3.05, 3.63) is 69.6 Å². The van der Waals surface area contributed by atoms with Crippen molar-refractivity contribution < 1.29 is 9.53 Å². The lowest BCUT2D eigenvalue weighted by molar-refractivity contribution is -0.113. The molecule has 31 heavy (non-hydrogen) atoms. The summed E-state index contributed by atoms with van der Waals surface area (Å²) in [5.41, 5.74) is 4.35. The normalized spacial score (nSPS) is 12.5. The van der Waals surface area contributed by atoms with Crippen molar-refractivity contribution in [2.75, 3.05) is 23.9 Å². The zero-order chi connectivity index (χ0) is 22.0. The van der Waals surface area contributed by atoms with Crippen molar-refractivity contribution >= 4 is 35.1 Å². The molecule has 160 valence electrons. The summed E-state index contributed by atoms with van der Waals surface area (Å²) in [5.74, 6) is 1.51. The molecule has 1 aliphatic rings. The largest absolute Gasteiger partial charge is 0.497 e. The summed E-state index contributed by atoms with van der Waals surface area (Å²) < 4.78 is 6.90. The molecule has 1 aromatic heterocycles. The summed E-state index contributed by atoms with van der Waals surface area (Å²) in [4.78, 5) is 31.3. The van der Waals surface area contributed by atoms with Gasteiger partial charge in [0.05, 0.1) is 29.1 Å². The van der Waals surface area contributed by atoms with E-state index in [9.17, 15) is 9.59 Å². The number of aryl methyl sites for hydroxylation is 2. The summed E-state index contributed by atoms with van der Waals surface area (Å²) in [6.45, 7) is 4.00. The van der Waals surface area contributed by atoms with Gasteiger partial charge in [0, 0.05) is 23.9 Å². The van der Waals surface area contributed by atoms with Crippen molar-refractivity contribution in [3.8, 4) is 11.4 Å². The standard InChI is InChI=1S/C23H23N3O3S2/c1-14-6-4-9-18(15(14)2)24-20(27)13-31-23-25-19-10-11-30-21(19)22(28)26(23)16-7-5-8-17(12-16)29-3/h4-9,12H,10-11,13H2,1-3H3,(H,24,27). The molecule has 0 unspecified atom stereocenters. The van der Waals surface area contributed by atoms with Crippen LogP contribution in [0.4, 0.5) is 5.69 Å². The minimum absolute atomic E-state index is 0.0989. The number of amides is 1. The van der Waals surface area contributed by atoms with Gasteiger partial charge in [-0.25, -0.2) is 4.98 Å². The molecular weight excluding hydrogens is 430 g/mol. The van der Waals surface area contributed by atoms with E-state index in [0.717, 1.165) is 34.7 Å². The highest BCUT2D eigenvalue weighted by Gasteiger charge is 2.23. The van der Waals surface area contributed by atoms with Crippen molar-refractivity contribution in [2.24, 2.45) is 0 Å². The molecule has 1 N–H and O–H groups in total. The molecular formula is C23H23N3O3S2. The summed E-state index contributed by atoms with van der Waals surface area (Å²) in [7, 11) is 1.59. The molecule has 8 heteroatoms. The van der Waals surface area contributed by atoms with Gasteiger partial charge in [-0.1, -0.05) is 30.0 Å². The number of nitrogens with zero attached hydrogens (tertiary/aromatic N) is 2. The van der Waals surface area contributed by atoms with Crippen LogP contribution in [0.15, 0.2) is 57.3 Å². The minimum atomic E-state index is -0.139. The van der Waals surface area contributed by atoms with Crippen LogP contribution in [-0.4, -0.2) is 34.1 Å². The summed E-state index contributed by atoms with van der Waals surface area (Å²) in [6.07, 6.45) is 0.760. The molecule has 0 atom stereocenters. The topological polar surface area (TPSA) is 73.2 Å². The van der Waals surface area contributed by atoms with Crippen LogP contribution in [0, 0.1) is 13.8 Å². The number of carbonyl (C=O) groups is 1. The van der Waals surface area contributed by atoms with E-state index in [1.165, 1.54) is 23.5 Å². The average molecular weight is 454 g/mol. The molecule has 0 radical (unpaired) electrons. The molecule has 2 heterocycles. The molecule has 3 aromatic rings. The average Bonchev–Trinajstić information content (AvgIpc) is 3.24. The quantitative estimate of drug-likeness (QED) is 0.445. The second-order valence-corrected chi connectivity index (χ2v) is 9.24. The third-order valence-corrected chi connectivity index (χ3v) is 7.23. The molecule has 0 bridgehead atoms. The maximum absolute atomic E-state index is 13.2. The lowest BCUT2D eigenvalue weighted by Crippen LogP contribution is -2.24. The van der Waals surface area contributed by atoms with Gasteiger partial charge >= 0.3 is 0 Å². The lowest BCUT2D eigenvalue weighted by Gasteiger charge is -2.15. The number of methoxy groups -OCH3 is 1. The lowest BCUT2D eigenvalue weighted by atomic mass is 10.1. The number of thioether (sulfide) groups is 2. The fourth-order valence-corrected chi connectivity index (χ4v) is 5.22. The van der Waals surface area contributed by atoms with Crippen molar-refractivity contribution in [2.45, 2.75) is 30.3 Å². The van der Waals surface area contributed by atoms with Gasteiger partial charge in [-0.2, -0.15) is 0 Å². The molecule has 0 spiro atoms. The highest BCUT2D eigenvalue weighted by atomic mass is 32.2. The number of hydrogen-bond donors (Lipinski definition) is 1. The van der Waals surface area contributed by atoms with E-state index in [1.807, 2.05) is 50.2 Å². The first-order valence-corrected chi connectivity index (χ1v) is 11.9. The van der Waals surface area contributed by atoms with Crippen LogP contribution in [0.25, 0.3) is 5.69 Å². The predicted molar refractivity (Wildman–Crippen MR) is 126 cm³/mol. The second kappa shape index (κ2) is 9.20. The number of benzene rings is 2. The Labute approximate surface area is 189 Å². The van der Waals surface area contributed by atoms with Crippen LogP contribution in [0.3, 0.4) is 0 Å². The monoisotopic (exact) mass is 453 g/mol. The molecule has 4 rings (SSSR count). The summed E-state index contributed by atoms with van der Waals surface area (Å²) >= 11 is 2.80. The van der Waals surface area contributed by atoms with Gasteiger partial charge in [0.15, 0.2) is 5.16 Å². The Kier molecular flexibility index (Phi) is 6.38. The van der Waals surface area contributed by atoms with E-state index in [-0.39, 0.29) is 17.2 Å². The first kappa shape index (κ1) is 21.5. The Balaban J connectivity index is 1.63. The van der Waals surface area contributed by atoms with Crippen LogP contribution in [-0.2, 0) is 11.2 Å². The van der Waals surface area contributed by atoms with E-state index < -0.39 is 0 Å². The third kappa shape index (κ3) is 4.50. The van der Waals surface area contributed by atoms with Gasteiger partial charge in [0.1, 0.15) is 5.75 Å². The van der Waals surface area contributed by atoms with Gasteiger partial charge in [0.2, 0.25) is 5.91 Å². The van der Waals surface area contributed by atoms with E-state index in [0.29, 0.717) is 21.5 Å². The number of fused-ring (bicyclic) bond motifs is 1. The second-order valence-electron chi connectivity index (χ2n) is 7.20. The third-order valence-electron chi connectivity index (χ3n) is 5.19. The molecule has 6 nitrogen and oxygen atoms in total. The number of aromatic nitrogens is 2. The first-order valence-electron chi connectivity index (χ1n) is 9.90. The fourth-order valence-electron chi connectivity index (χ4n) is 3.37. The predicted octanol–water partition coefficient (Wildman–Crippen LogP) is 4.24. The van der Waals surface area contributed by atoms with Crippen LogP contribution in [0.2, 0.25) is 0 Å². The van der Waals surface area contributed by atoms with Gasteiger partial charge in [-0.05, 0) is 43.2 Å². The van der Waals surface area contributed by atoms with E-state index in [2.05, 4.69) is 5.32 Å². The number of ether oxygens (including phenoxy) is 1. The van der Waals surface area contributed by atoms with Crippen LogP contribution in [0.1, 0.15) is 16.8 Å². The van der Waals surface area contributed by atoms with E-state index in [4.69, 9.17) is 9.72 Å². The number of hydrogen-bond acceptors (Lipinski definition) is 6. The molecule has 0 saturated carbocycles. The Morgan fingerprint density at radius 2 is 2.06 bits per heavy atom. The highest BCUT2D eigenvalue weighted by Crippen LogP contribution is 2.30. The summed E-state index contributed by atoms with van der Waals surface area (Å²) in [5, 5.41) is 3.48. The number of carbonyl (C=O) groups excluding carboxylic acids is 1. The molecule has 1 amide bonds. The van der Waals surface area contributed by atoms with Crippen molar-refractivity contribution in [3.63, 3.8) is 0 Å². The van der Waals surface area contributed by atoms with Crippen molar-refractivity contribution in [1.29, 1.82) is 0 Å². The zero-order valence-corrected chi connectivity index (χ0v) is 19.2. The maximum Gasteiger partial charge on any atom is 0.272 e. The van der Waals surface area contributed by atoms with E-state index in [1.54, 1.807) is 17.7 Å². The zero-order valence-electron chi connectivity index (χ0n) is 17.6. The molecule has 0 fully saturated rings. The number of anilines is 1. The molecule has 2 aromatic carbocycles. The molecule has 1 aliphatic heterocycles. The summed E-state index contributed by atoms with van der Waals surface area (Å²) in [6, 6.07) is 13.1. The van der Waals surface area contributed by atoms with Crippen molar-refractivity contribution in [1.82, 2.24) is 9.55 Å². The first-order chi connectivity index (χ1) is 15.0. The Morgan fingerprint density at radius 3 is 2.87 bits per heavy atom. The van der Waals surface area contributed by atoms with Gasteiger partial charge in [0.25, 0.3) is 5.56 Å². The Bertz CT molecular complexity index is 1210. The van der Waals surface area contributed by atoms with Gasteiger partial charge in [-0.15, -0.1) is 11.8 Å². The highest BCUT2D eigenvalue weighted by molar-refractivity contribution is 8.00. The van der Waals surface area contributed by atoms with Crippen LogP contribution < -0.4 is 15.6 Å². The fraction of sp³-hybridized carbons (Fsp3) is 0.261. The Morgan fingerprint density at radius 1 is 1.26 bits per heavy atom. The Hall–Kier alpha value is -2.71. The maximum atomic E-state index is 13.2. The SMILES string of the molecule is COc1cccc(-n2c(SCC(=O)Nc3cccc(C)c3C)nc3c(c2=O)SCC3)c1. The molecule has 0 saturated heterocycles. The molecule has 0 aliphatic carbocycles. The minimum Gasteiger partial charge on any atom is -0.497 e. The number of rotatable bonds is 6. The number of nitrogens with one attached hydrogen (secondary N) is 1. The van der Waals surface area contributed by atoms with E-state index >= 15 is 0 Å². The van der Waals surface area contributed by atoms with Crippen LogP contribution in [0.5, 0.6) is 5.75 Å². The van der Waals surface area contributed by atoms with Crippen LogP contribution >= 0.6 is 23.5 Å². The smallest absolute Gasteiger partial charge is 0.272 e.